The Morgan fingerprint density at radius 3 is 2.22 bits per heavy atom. The largest absolute Gasteiger partial charge is 0.480 e. The van der Waals surface area contributed by atoms with Gasteiger partial charge in [-0.25, -0.2) is 9.59 Å². The van der Waals surface area contributed by atoms with Crippen LogP contribution in [0.4, 0.5) is 18.0 Å². The molecule has 0 spiro atoms. The maximum absolute atomic E-state index is 12.7. The molecular weight excluding hydrogens is 315 g/mol. The van der Waals surface area contributed by atoms with Crippen molar-refractivity contribution in [3.8, 4) is 0 Å². The number of alkyl halides is 3. The SMILES string of the molecule is CC(C)C(C(=O)O)N(CC(F)(F)F)C(=O)OCc1ccccc1. The molecule has 0 saturated heterocycles. The van der Waals surface area contributed by atoms with Gasteiger partial charge in [-0.2, -0.15) is 13.2 Å². The molecule has 5 nitrogen and oxygen atoms in total. The molecule has 0 aromatic heterocycles. The minimum atomic E-state index is -4.73. The van der Waals surface area contributed by atoms with Crippen LogP contribution < -0.4 is 0 Å². The maximum atomic E-state index is 12.7. The van der Waals surface area contributed by atoms with E-state index in [-0.39, 0.29) is 11.5 Å². The third kappa shape index (κ3) is 6.17. The molecule has 1 rings (SSSR count). The van der Waals surface area contributed by atoms with Crippen LogP contribution in [0.3, 0.4) is 0 Å². The number of ether oxygens (including phenoxy) is 1. The molecule has 0 radical (unpaired) electrons. The summed E-state index contributed by atoms with van der Waals surface area (Å²) in [5, 5.41) is 9.13. The lowest BCUT2D eigenvalue weighted by Gasteiger charge is -2.31. The molecule has 1 N–H and O–H groups in total. The molecule has 23 heavy (non-hydrogen) atoms. The van der Waals surface area contributed by atoms with Crippen molar-refractivity contribution in [1.82, 2.24) is 4.90 Å². The Labute approximate surface area is 131 Å². The van der Waals surface area contributed by atoms with Crippen molar-refractivity contribution < 1.29 is 32.6 Å². The molecule has 1 aromatic rings. The van der Waals surface area contributed by atoms with Gasteiger partial charge in [0.1, 0.15) is 19.2 Å². The third-order valence-corrected chi connectivity index (χ3v) is 3.01. The molecule has 128 valence electrons. The van der Waals surface area contributed by atoms with Crippen molar-refractivity contribution in [3.63, 3.8) is 0 Å². The molecule has 0 fully saturated rings. The van der Waals surface area contributed by atoms with Crippen LogP contribution in [0.15, 0.2) is 30.3 Å². The number of halogens is 3. The fourth-order valence-corrected chi connectivity index (χ4v) is 2.05. The molecule has 0 heterocycles. The van der Waals surface area contributed by atoms with Gasteiger partial charge in [0, 0.05) is 0 Å². The van der Waals surface area contributed by atoms with Crippen LogP contribution in [0.5, 0.6) is 0 Å². The number of hydrogen-bond acceptors (Lipinski definition) is 3. The van der Waals surface area contributed by atoms with Gasteiger partial charge in [0.05, 0.1) is 0 Å². The van der Waals surface area contributed by atoms with Crippen molar-refractivity contribution in [1.29, 1.82) is 0 Å². The number of carboxylic acid groups (broad SMARTS) is 1. The lowest BCUT2D eigenvalue weighted by Crippen LogP contribution is -2.51. The summed E-state index contributed by atoms with van der Waals surface area (Å²) in [6.07, 6.45) is -6.04. The van der Waals surface area contributed by atoms with E-state index in [1.54, 1.807) is 30.3 Å². The summed E-state index contributed by atoms with van der Waals surface area (Å²) in [5.41, 5.74) is 0.587. The van der Waals surface area contributed by atoms with Crippen molar-refractivity contribution in [2.45, 2.75) is 32.7 Å². The molecule has 8 heteroatoms. The molecule has 0 bridgehead atoms. The molecule has 0 aliphatic heterocycles. The zero-order valence-electron chi connectivity index (χ0n) is 12.7. The van der Waals surface area contributed by atoms with Gasteiger partial charge in [-0.15, -0.1) is 0 Å². The number of carbonyl (C=O) groups excluding carboxylic acids is 1. The number of aliphatic carboxylic acids is 1. The number of carboxylic acids is 1. The maximum Gasteiger partial charge on any atom is 0.411 e. The number of benzene rings is 1. The summed E-state index contributed by atoms with van der Waals surface area (Å²) < 4.78 is 42.9. The van der Waals surface area contributed by atoms with Gasteiger partial charge < -0.3 is 9.84 Å². The molecular formula is C15H18F3NO4. The normalized spacial score (nSPS) is 12.8. The molecule has 0 aliphatic rings. The number of amides is 1. The van der Waals surface area contributed by atoms with Crippen LogP contribution in [0.25, 0.3) is 0 Å². The van der Waals surface area contributed by atoms with E-state index in [1.807, 2.05) is 0 Å². The van der Waals surface area contributed by atoms with E-state index >= 15 is 0 Å². The Bertz CT molecular complexity index is 531. The van der Waals surface area contributed by atoms with Crippen LogP contribution in [-0.4, -0.2) is 40.8 Å². The van der Waals surface area contributed by atoms with Crippen LogP contribution in [-0.2, 0) is 16.1 Å². The quantitative estimate of drug-likeness (QED) is 0.867. The van der Waals surface area contributed by atoms with Gasteiger partial charge in [-0.05, 0) is 11.5 Å². The summed E-state index contributed by atoms with van der Waals surface area (Å²) in [5.74, 6) is -2.22. The highest BCUT2D eigenvalue weighted by Gasteiger charge is 2.41. The van der Waals surface area contributed by atoms with Gasteiger partial charge in [0.15, 0.2) is 0 Å². The number of hydrogen-bond donors (Lipinski definition) is 1. The van der Waals surface area contributed by atoms with E-state index in [0.29, 0.717) is 5.56 Å². The van der Waals surface area contributed by atoms with Gasteiger partial charge in [0.25, 0.3) is 0 Å². The molecule has 1 aromatic carbocycles. The molecule has 0 aliphatic carbocycles. The van der Waals surface area contributed by atoms with Crippen molar-refractivity contribution in [2.75, 3.05) is 6.54 Å². The highest BCUT2D eigenvalue weighted by atomic mass is 19.4. The predicted octanol–water partition coefficient (Wildman–Crippen LogP) is 3.30. The van der Waals surface area contributed by atoms with Gasteiger partial charge in [-0.1, -0.05) is 44.2 Å². The van der Waals surface area contributed by atoms with E-state index in [4.69, 9.17) is 9.84 Å². The van der Waals surface area contributed by atoms with Crippen LogP contribution in [0, 0.1) is 5.92 Å². The van der Waals surface area contributed by atoms with Crippen LogP contribution in [0.1, 0.15) is 19.4 Å². The first-order chi connectivity index (χ1) is 10.6. The smallest absolute Gasteiger partial charge is 0.411 e. The lowest BCUT2D eigenvalue weighted by atomic mass is 10.0. The summed E-state index contributed by atoms with van der Waals surface area (Å²) >= 11 is 0. The van der Waals surface area contributed by atoms with Crippen molar-refractivity contribution in [3.05, 3.63) is 35.9 Å². The Morgan fingerprint density at radius 2 is 1.78 bits per heavy atom. The predicted molar refractivity (Wildman–Crippen MR) is 75.6 cm³/mol. The van der Waals surface area contributed by atoms with Gasteiger partial charge in [0.2, 0.25) is 0 Å². The molecule has 1 atom stereocenters. The highest BCUT2D eigenvalue weighted by molar-refractivity contribution is 5.80. The van der Waals surface area contributed by atoms with Gasteiger partial charge in [-0.3, -0.25) is 4.90 Å². The summed E-state index contributed by atoms with van der Waals surface area (Å²) in [7, 11) is 0. The standard InChI is InChI=1S/C15H18F3NO4/c1-10(2)12(13(20)21)19(9-15(16,17)18)14(22)23-8-11-6-4-3-5-7-11/h3-7,10,12H,8-9H2,1-2H3,(H,20,21). The first kappa shape index (κ1) is 18.8. The first-order valence-corrected chi connectivity index (χ1v) is 6.88. The summed E-state index contributed by atoms with van der Waals surface area (Å²) in [6.45, 7) is 0.924. The zero-order chi connectivity index (χ0) is 17.6. The Kier molecular flexibility index (Phi) is 6.41. The fourth-order valence-electron chi connectivity index (χ4n) is 2.05. The first-order valence-electron chi connectivity index (χ1n) is 6.88. The number of rotatable bonds is 6. The second-order valence-corrected chi connectivity index (χ2v) is 5.31. The molecule has 1 unspecified atom stereocenters. The van der Waals surface area contributed by atoms with Gasteiger partial charge >= 0.3 is 18.2 Å². The second-order valence-electron chi connectivity index (χ2n) is 5.31. The highest BCUT2D eigenvalue weighted by Crippen LogP contribution is 2.22. The minimum Gasteiger partial charge on any atom is -0.480 e. The monoisotopic (exact) mass is 333 g/mol. The third-order valence-electron chi connectivity index (χ3n) is 3.01. The minimum absolute atomic E-state index is 0.204. The molecule has 0 saturated carbocycles. The van der Waals surface area contributed by atoms with E-state index < -0.39 is 36.7 Å². The summed E-state index contributed by atoms with van der Waals surface area (Å²) in [4.78, 5) is 23.4. The zero-order valence-corrected chi connectivity index (χ0v) is 12.7. The Hall–Kier alpha value is -2.25. The average Bonchev–Trinajstić information content (AvgIpc) is 2.43. The topological polar surface area (TPSA) is 66.8 Å². The fraction of sp³-hybridized carbons (Fsp3) is 0.467. The second kappa shape index (κ2) is 7.85. The van der Waals surface area contributed by atoms with Crippen molar-refractivity contribution >= 4 is 12.1 Å². The van der Waals surface area contributed by atoms with E-state index in [1.165, 1.54) is 13.8 Å². The van der Waals surface area contributed by atoms with E-state index in [0.717, 1.165) is 0 Å². The lowest BCUT2D eigenvalue weighted by molar-refractivity contribution is -0.160. The van der Waals surface area contributed by atoms with E-state index in [9.17, 15) is 22.8 Å². The Morgan fingerprint density at radius 1 is 1.22 bits per heavy atom. The average molecular weight is 333 g/mol. The summed E-state index contributed by atoms with van der Waals surface area (Å²) in [6, 6.07) is 6.76. The molecule has 1 amide bonds. The number of nitrogens with zero attached hydrogens (tertiary/aromatic N) is 1. The van der Waals surface area contributed by atoms with Crippen LogP contribution in [0.2, 0.25) is 0 Å². The van der Waals surface area contributed by atoms with E-state index in [2.05, 4.69) is 0 Å². The van der Waals surface area contributed by atoms with Crippen molar-refractivity contribution in [2.24, 2.45) is 5.92 Å². The van der Waals surface area contributed by atoms with Crippen LogP contribution >= 0.6 is 0 Å². The Balaban J connectivity index is 2.89. The number of carbonyl (C=O) groups is 2.